The fraction of sp³-hybridized carbons (Fsp3) is 0.348. The highest BCUT2D eigenvalue weighted by atomic mass is 19.1. The molecule has 2 aromatic rings. The van der Waals surface area contributed by atoms with Crippen LogP contribution in [0.25, 0.3) is 0 Å². The van der Waals surface area contributed by atoms with E-state index in [1.54, 1.807) is 21.9 Å². The molecule has 6 nitrogen and oxygen atoms in total. The van der Waals surface area contributed by atoms with E-state index in [2.05, 4.69) is 5.32 Å². The smallest absolute Gasteiger partial charge is 0.229 e. The molecule has 1 atom stereocenters. The molecule has 0 aromatic heterocycles. The molecule has 156 valence electrons. The highest BCUT2D eigenvalue weighted by molar-refractivity contribution is 6.04. The number of nitrogens with zero attached hydrogens (tertiary/aromatic N) is 2. The molecule has 0 saturated carbocycles. The molecule has 1 fully saturated rings. The number of nitrogens with one attached hydrogen (secondary N) is 1. The van der Waals surface area contributed by atoms with Gasteiger partial charge in [0, 0.05) is 37.3 Å². The first-order valence-corrected chi connectivity index (χ1v) is 10.2. The number of anilines is 3. The lowest BCUT2D eigenvalue weighted by molar-refractivity contribution is -0.122. The maximum Gasteiger partial charge on any atom is 0.229 e. The molecule has 2 aliphatic rings. The molecule has 2 aliphatic heterocycles. The van der Waals surface area contributed by atoms with Crippen molar-refractivity contribution in [2.75, 3.05) is 28.2 Å². The van der Waals surface area contributed by atoms with Crippen LogP contribution in [0.1, 0.15) is 30.9 Å². The molecular weight excluding hydrogens is 385 g/mol. The van der Waals surface area contributed by atoms with Gasteiger partial charge in [-0.15, -0.1) is 0 Å². The number of rotatable bonds is 4. The fourth-order valence-electron chi connectivity index (χ4n) is 4.11. The third kappa shape index (κ3) is 3.67. The van der Waals surface area contributed by atoms with Gasteiger partial charge in [-0.3, -0.25) is 14.4 Å². The topological polar surface area (TPSA) is 69.7 Å². The van der Waals surface area contributed by atoms with E-state index in [9.17, 15) is 18.8 Å². The van der Waals surface area contributed by atoms with E-state index in [-0.39, 0.29) is 36.4 Å². The van der Waals surface area contributed by atoms with Crippen molar-refractivity contribution in [3.8, 4) is 0 Å². The van der Waals surface area contributed by atoms with Crippen molar-refractivity contribution in [2.45, 2.75) is 33.1 Å². The van der Waals surface area contributed by atoms with Gasteiger partial charge in [0.25, 0.3) is 0 Å². The summed E-state index contributed by atoms with van der Waals surface area (Å²) in [5.74, 6) is -1.47. The molecule has 0 spiro atoms. The van der Waals surface area contributed by atoms with Crippen molar-refractivity contribution in [3.05, 3.63) is 53.3 Å². The molecule has 1 saturated heterocycles. The summed E-state index contributed by atoms with van der Waals surface area (Å²) in [5, 5.41) is 2.61. The molecular formula is C23H24FN3O3. The normalized spacial score (nSPS) is 18.0. The second kappa shape index (κ2) is 7.89. The summed E-state index contributed by atoms with van der Waals surface area (Å²) in [7, 11) is 0. The largest absolute Gasteiger partial charge is 0.323 e. The minimum absolute atomic E-state index is 0.0802. The maximum atomic E-state index is 14.0. The fourth-order valence-corrected chi connectivity index (χ4v) is 4.11. The van der Waals surface area contributed by atoms with Crippen molar-refractivity contribution in [2.24, 2.45) is 5.92 Å². The predicted octanol–water partition coefficient (Wildman–Crippen LogP) is 3.42. The zero-order valence-corrected chi connectivity index (χ0v) is 17.1. The van der Waals surface area contributed by atoms with Crippen LogP contribution < -0.4 is 15.1 Å². The Hall–Kier alpha value is -3.22. The lowest BCUT2D eigenvalue weighted by Crippen LogP contribution is -2.29. The number of hydrogen-bond acceptors (Lipinski definition) is 3. The Bertz CT molecular complexity index is 1040. The van der Waals surface area contributed by atoms with Crippen molar-refractivity contribution in [3.63, 3.8) is 0 Å². The van der Waals surface area contributed by atoms with Crippen LogP contribution in [0.15, 0.2) is 36.4 Å². The summed E-state index contributed by atoms with van der Waals surface area (Å²) in [6, 6.07) is 10.1. The molecule has 4 rings (SSSR count). The Morgan fingerprint density at radius 2 is 2.00 bits per heavy atom. The van der Waals surface area contributed by atoms with Gasteiger partial charge < -0.3 is 15.1 Å². The Balaban J connectivity index is 1.48. The van der Waals surface area contributed by atoms with Crippen LogP contribution in [0.5, 0.6) is 0 Å². The van der Waals surface area contributed by atoms with E-state index in [1.807, 2.05) is 32.0 Å². The zero-order valence-electron chi connectivity index (χ0n) is 17.1. The summed E-state index contributed by atoms with van der Waals surface area (Å²) in [4.78, 5) is 40.7. The average molecular weight is 409 g/mol. The summed E-state index contributed by atoms with van der Waals surface area (Å²) in [6.45, 7) is 4.55. The Morgan fingerprint density at radius 1 is 1.20 bits per heavy atom. The van der Waals surface area contributed by atoms with Gasteiger partial charge in [0.05, 0.1) is 11.6 Å². The number of amides is 3. The van der Waals surface area contributed by atoms with E-state index in [1.165, 1.54) is 6.07 Å². The average Bonchev–Trinajstić information content (AvgIpc) is 3.33. The standard InChI is InChI=1S/C23H24FN3O3/c1-3-21(28)26-9-8-15-11-17(5-7-20(15)26)27-13-16(12-22(27)29)23(30)25-19-10-14(2)4-6-18(19)24/h4-7,10-11,16H,3,8-9,12-13H2,1-2H3,(H,25,30). The van der Waals surface area contributed by atoms with E-state index in [0.29, 0.717) is 13.0 Å². The molecule has 2 heterocycles. The van der Waals surface area contributed by atoms with Crippen molar-refractivity contribution in [1.82, 2.24) is 0 Å². The monoisotopic (exact) mass is 409 g/mol. The lowest BCUT2D eigenvalue weighted by atomic mass is 10.1. The Kier molecular flexibility index (Phi) is 5.28. The molecule has 2 aromatic carbocycles. The van der Waals surface area contributed by atoms with Crippen LogP contribution in [0, 0.1) is 18.7 Å². The molecule has 1 N–H and O–H groups in total. The van der Waals surface area contributed by atoms with E-state index in [4.69, 9.17) is 0 Å². The SMILES string of the molecule is CCC(=O)N1CCc2cc(N3CC(C(=O)Nc4cc(C)ccc4F)CC3=O)ccc21. The van der Waals surface area contributed by atoms with Crippen molar-refractivity contribution >= 4 is 34.8 Å². The molecule has 0 radical (unpaired) electrons. The Labute approximate surface area is 174 Å². The van der Waals surface area contributed by atoms with Gasteiger partial charge in [0.2, 0.25) is 17.7 Å². The van der Waals surface area contributed by atoms with E-state index in [0.717, 1.165) is 28.9 Å². The quantitative estimate of drug-likeness (QED) is 0.841. The number of benzene rings is 2. The number of halogens is 1. The highest BCUT2D eigenvalue weighted by Crippen LogP contribution is 2.34. The van der Waals surface area contributed by atoms with Crippen molar-refractivity contribution in [1.29, 1.82) is 0 Å². The second-order valence-corrected chi connectivity index (χ2v) is 7.84. The first-order chi connectivity index (χ1) is 14.4. The van der Waals surface area contributed by atoms with Gasteiger partial charge in [-0.2, -0.15) is 0 Å². The highest BCUT2D eigenvalue weighted by Gasteiger charge is 2.36. The summed E-state index contributed by atoms with van der Waals surface area (Å²) in [6.07, 6.45) is 1.27. The van der Waals surface area contributed by atoms with Gasteiger partial charge in [-0.25, -0.2) is 4.39 Å². The molecule has 0 aliphatic carbocycles. The number of hydrogen-bond donors (Lipinski definition) is 1. The van der Waals surface area contributed by atoms with Crippen molar-refractivity contribution < 1.29 is 18.8 Å². The summed E-state index contributed by atoms with van der Waals surface area (Å²) >= 11 is 0. The van der Waals surface area contributed by atoms with Crippen LogP contribution in [-0.4, -0.2) is 30.8 Å². The van der Waals surface area contributed by atoms with Crippen LogP contribution >= 0.6 is 0 Å². The molecule has 1 unspecified atom stereocenters. The zero-order chi connectivity index (χ0) is 21.4. The number of aryl methyl sites for hydroxylation is 1. The van der Waals surface area contributed by atoms with Gasteiger partial charge in [-0.05, 0) is 54.8 Å². The first kappa shape index (κ1) is 20.1. The minimum atomic E-state index is -0.552. The maximum absolute atomic E-state index is 14.0. The summed E-state index contributed by atoms with van der Waals surface area (Å²) in [5.41, 5.74) is 3.61. The van der Waals surface area contributed by atoms with Crippen LogP contribution in [-0.2, 0) is 20.8 Å². The number of carbonyl (C=O) groups is 3. The third-order valence-electron chi connectivity index (χ3n) is 5.75. The van der Waals surface area contributed by atoms with E-state index < -0.39 is 11.7 Å². The number of carbonyl (C=O) groups excluding carboxylic acids is 3. The van der Waals surface area contributed by atoms with Crippen LogP contribution in [0.4, 0.5) is 21.5 Å². The van der Waals surface area contributed by atoms with Gasteiger partial charge >= 0.3 is 0 Å². The lowest BCUT2D eigenvalue weighted by Gasteiger charge is -2.20. The minimum Gasteiger partial charge on any atom is -0.323 e. The van der Waals surface area contributed by atoms with Gasteiger partial charge in [-0.1, -0.05) is 13.0 Å². The Morgan fingerprint density at radius 3 is 2.77 bits per heavy atom. The number of fused-ring (bicyclic) bond motifs is 1. The van der Waals surface area contributed by atoms with Gasteiger partial charge in [0.15, 0.2) is 0 Å². The summed E-state index contributed by atoms with van der Waals surface area (Å²) < 4.78 is 14.0. The van der Waals surface area contributed by atoms with Crippen LogP contribution in [0.2, 0.25) is 0 Å². The predicted molar refractivity (Wildman–Crippen MR) is 113 cm³/mol. The van der Waals surface area contributed by atoms with Gasteiger partial charge in [0.1, 0.15) is 5.82 Å². The third-order valence-corrected chi connectivity index (χ3v) is 5.75. The molecule has 7 heteroatoms. The van der Waals surface area contributed by atoms with Crippen LogP contribution in [0.3, 0.4) is 0 Å². The molecule has 30 heavy (non-hydrogen) atoms. The molecule has 0 bridgehead atoms. The molecule has 3 amide bonds. The second-order valence-electron chi connectivity index (χ2n) is 7.84. The first-order valence-electron chi connectivity index (χ1n) is 10.2. The van der Waals surface area contributed by atoms with E-state index >= 15 is 0 Å².